The Hall–Kier alpha value is -1.12. The van der Waals surface area contributed by atoms with Crippen LogP contribution in [0.15, 0.2) is 11.2 Å². The van der Waals surface area contributed by atoms with Crippen molar-refractivity contribution in [3.8, 4) is 0 Å². The van der Waals surface area contributed by atoms with E-state index in [4.69, 9.17) is 16.7 Å². The maximum atomic E-state index is 12.4. The lowest BCUT2D eigenvalue weighted by molar-refractivity contribution is -0.142. The number of rotatable bonds is 3. The number of aromatic nitrogens is 2. The Labute approximate surface area is 115 Å². The van der Waals surface area contributed by atoms with Crippen LogP contribution in [0.5, 0.6) is 0 Å². The molecule has 0 spiro atoms. The maximum Gasteiger partial charge on any atom is 0.307 e. The van der Waals surface area contributed by atoms with Crippen molar-refractivity contribution in [1.29, 1.82) is 0 Å². The summed E-state index contributed by atoms with van der Waals surface area (Å²) in [6.07, 6.45) is 2.26. The molecule has 1 saturated heterocycles. The van der Waals surface area contributed by atoms with Gasteiger partial charge in [-0.3, -0.25) is 9.48 Å². The zero-order valence-electron chi connectivity index (χ0n) is 10.3. The van der Waals surface area contributed by atoms with Gasteiger partial charge in [-0.2, -0.15) is 9.40 Å². The number of hydrogen-bond donors (Lipinski definition) is 1. The van der Waals surface area contributed by atoms with Gasteiger partial charge in [-0.05, 0) is 12.8 Å². The van der Waals surface area contributed by atoms with Crippen molar-refractivity contribution in [3.63, 3.8) is 0 Å². The van der Waals surface area contributed by atoms with Crippen molar-refractivity contribution in [2.75, 3.05) is 13.1 Å². The van der Waals surface area contributed by atoms with E-state index < -0.39 is 21.9 Å². The molecule has 0 saturated carbocycles. The number of nitrogens with zero attached hydrogens (tertiary/aromatic N) is 3. The van der Waals surface area contributed by atoms with Crippen LogP contribution in [0.25, 0.3) is 0 Å². The highest BCUT2D eigenvalue weighted by atomic mass is 35.5. The lowest BCUT2D eigenvalue weighted by Crippen LogP contribution is -2.42. The minimum absolute atomic E-state index is 0.0286. The van der Waals surface area contributed by atoms with E-state index in [0.29, 0.717) is 19.4 Å². The molecule has 2 heterocycles. The fraction of sp³-hybridized carbons (Fsp3) is 0.600. The molecule has 1 N–H and O–H groups in total. The average Bonchev–Trinajstić information content (AvgIpc) is 2.69. The maximum absolute atomic E-state index is 12.4. The van der Waals surface area contributed by atoms with Gasteiger partial charge in [0.25, 0.3) is 10.0 Å². The minimum Gasteiger partial charge on any atom is -0.481 e. The predicted molar refractivity (Wildman–Crippen MR) is 67.3 cm³/mol. The smallest absolute Gasteiger partial charge is 0.307 e. The molecule has 1 aliphatic heterocycles. The summed E-state index contributed by atoms with van der Waals surface area (Å²) in [6, 6.07) is 0. The number of piperidine rings is 1. The normalized spacial score (nSPS) is 21.5. The minimum atomic E-state index is -3.81. The van der Waals surface area contributed by atoms with E-state index in [1.54, 1.807) is 0 Å². The van der Waals surface area contributed by atoms with E-state index >= 15 is 0 Å². The molecule has 2 rings (SSSR count). The standard InChI is InChI=1S/C10H14ClN3O4S/c1-13-9(8(11)5-12-13)19(17,18)14-4-2-3-7(6-14)10(15)16/h5,7H,2-4,6H2,1H3,(H,15,16)/t7-/m1/s1. The highest BCUT2D eigenvalue weighted by Crippen LogP contribution is 2.27. The molecule has 1 aromatic rings. The Bertz CT molecular complexity index is 578. The first-order valence-corrected chi connectivity index (χ1v) is 7.56. The van der Waals surface area contributed by atoms with Gasteiger partial charge < -0.3 is 5.11 Å². The third kappa shape index (κ3) is 2.60. The molecule has 0 unspecified atom stereocenters. The zero-order valence-corrected chi connectivity index (χ0v) is 11.9. The molecular formula is C10H14ClN3O4S. The van der Waals surface area contributed by atoms with Gasteiger partial charge in [0.1, 0.15) is 0 Å². The first kappa shape index (κ1) is 14.3. The molecular weight excluding hydrogens is 294 g/mol. The molecule has 0 radical (unpaired) electrons. The van der Waals surface area contributed by atoms with E-state index in [-0.39, 0.29) is 16.6 Å². The number of carbonyl (C=O) groups is 1. The van der Waals surface area contributed by atoms with Crippen LogP contribution in [-0.4, -0.2) is 46.7 Å². The largest absolute Gasteiger partial charge is 0.481 e. The first-order valence-electron chi connectivity index (χ1n) is 5.74. The van der Waals surface area contributed by atoms with Gasteiger partial charge in [-0.25, -0.2) is 8.42 Å². The molecule has 1 aliphatic rings. The van der Waals surface area contributed by atoms with Gasteiger partial charge in [0.2, 0.25) is 0 Å². The summed E-state index contributed by atoms with van der Waals surface area (Å²) < 4.78 is 27.2. The fourth-order valence-electron chi connectivity index (χ4n) is 2.17. The molecule has 7 nitrogen and oxygen atoms in total. The Morgan fingerprint density at radius 2 is 2.26 bits per heavy atom. The molecule has 106 valence electrons. The monoisotopic (exact) mass is 307 g/mol. The summed E-state index contributed by atoms with van der Waals surface area (Å²) in [5, 5.41) is 12.7. The van der Waals surface area contributed by atoms with Gasteiger partial charge in [0, 0.05) is 20.1 Å². The van der Waals surface area contributed by atoms with Crippen LogP contribution in [0.2, 0.25) is 5.02 Å². The number of sulfonamides is 1. The predicted octanol–water partition coefficient (Wildman–Crippen LogP) is 0.559. The second kappa shape index (κ2) is 5.10. The number of carboxylic acid groups (broad SMARTS) is 1. The van der Waals surface area contributed by atoms with Crippen LogP contribution in [-0.2, 0) is 21.9 Å². The van der Waals surface area contributed by atoms with Crippen LogP contribution < -0.4 is 0 Å². The van der Waals surface area contributed by atoms with Crippen LogP contribution >= 0.6 is 11.6 Å². The Morgan fingerprint density at radius 3 is 2.79 bits per heavy atom. The number of halogens is 1. The van der Waals surface area contributed by atoms with Crippen molar-refractivity contribution in [2.45, 2.75) is 17.9 Å². The Balaban J connectivity index is 2.32. The molecule has 0 aliphatic carbocycles. The van der Waals surface area contributed by atoms with Crippen molar-refractivity contribution in [2.24, 2.45) is 13.0 Å². The van der Waals surface area contributed by atoms with Gasteiger partial charge >= 0.3 is 5.97 Å². The van der Waals surface area contributed by atoms with E-state index in [2.05, 4.69) is 5.10 Å². The molecule has 1 atom stereocenters. The average molecular weight is 308 g/mol. The van der Waals surface area contributed by atoms with E-state index in [1.807, 2.05) is 0 Å². The second-order valence-electron chi connectivity index (χ2n) is 4.46. The van der Waals surface area contributed by atoms with Crippen LogP contribution in [0.4, 0.5) is 0 Å². The van der Waals surface area contributed by atoms with Crippen molar-refractivity contribution >= 4 is 27.6 Å². The summed E-state index contributed by atoms with van der Waals surface area (Å²) in [5.41, 5.74) is 0. The van der Waals surface area contributed by atoms with E-state index in [1.165, 1.54) is 17.9 Å². The number of hydrogen-bond acceptors (Lipinski definition) is 4. The SMILES string of the molecule is Cn1ncc(Cl)c1S(=O)(=O)N1CCC[C@@H](C(=O)O)C1. The Kier molecular flexibility index (Phi) is 3.84. The van der Waals surface area contributed by atoms with Crippen molar-refractivity contribution in [3.05, 3.63) is 11.2 Å². The fourth-order valence-corrected chi connectivity index (χ4v) is 4.30. The molecule has 1 aromatic heterocycles. The zero-order chi connectivity index (χ0) is 14.2. The molecule has 0 bridgehead atoms. The summed E-state index contributed by atoms with van der Waals surface area (Å²) in [5.74, 6) is -1.65. The molecule has 0 amide bonds. The highest BCUT2D eigenvalue weighted by molar-refractivity contribution is 7.89. The van der Waals surface area contributed by atoms with Crippen molar-refractivity contribution in [1.82, 2.24) is 14.1 Å². The highest BCUT2D eigenvalue weighted by Gasteiger charge is 2.35. The number of aryl methyl sites for hydroxylation is 1. The third-order valence-corrected chi connectivity index (χ3v) is 5.53. The van der Waals surface area contributed by atoms with Crippen LogP contribution in [0, 0.1) is 5.92 Å². The van der Waals surface area contributed by atoms with Crippen molar-refractivity contribution < 1.29 is 18.3 Å². The lowest BCUT2D eigenvalue weighted by atomic mass is 10.0. The quantitative estimate of drug-likeness (QED) is 0.880. The molecule has 9 heteroatoms. The molecule has 1 fully saturated rings. The summed E-state index contributed by atoms with van der Waals surface area (Å²) in [7, 11) is -2.32. The topological polar surface area (TPSA) is 92.5 Å². The number of carboxylic acids is 1. The van der Waals surface area contributed by atoms with Gasteiger partial charge in [0.15, 0.2) is 5.03 Å². The van der Waals surface area contributed by atoms with Crippen LogP contribution in [0.1, 0.15) is 12.8 Å². The summed E-state index contributed by atoms with van der Waals surface area (Å²) in [4.78, 5) is 11.0. The molecule has 0 aromatic carbocycles. The Morgan fingerprint density at radius 1 is 1.58 bits per heavy atom. The third-order valence-electron chi connectivity index (χ3n) is 3.16. The van der Waals surface area contributed by atoms with E-state index in [0.717, 1.165) is 4.31 Å². The van der Waals surface area contributed by atoms with Gasteiger partial charge in [-0.1, -0.05) is 11.6 Å². The molecule has 19 heavy (non-hydrogen) atoms. The van der Waals surface area contributed by atoms with Gasteiger partial charge in [-0.15, -0.1) is 0 Å². The van der Waals surface area contributed by atoms with E-state index in [9.17, 15) is 13.2 Å². The summed E-state index contributed by atoms with van der Waals surface area (Å²) in [6.45, 7) is 0.271. The van der Waals surface area contributed by atoms with Crippen LogP contribution in [0.3, 0.4) is 0 Å². The first-order chi connectivity index (χ1) is 8.84. The van der Waals surface area contributed by atoms with Gasteiger partial charge in [0.05, 0.1) is 17.1 Å². The second-order valence-corrected chi connectivity index (χ2v) is 6.72. The lowest BCUT2D eigenvalue weighted by Gasteiger charge is -2.29. The summed E-state index contributed by atoms with van der Waals surface area (Å²) >= 11 is 5.84. The number of aliphatic carboxylic acids is 1.